The van der Waals surface area contributed by atoms with Gasteiger partial charge in [-0.3, -0.25) is 14.9 Å². The summed E-state index contributed by atoms with van der Waals surface area (Å²) in [5.41, 5.74) is 0.544. The van der Waals surface area contributed by atoms with E-state index in [1.165, 1.54) is 6.07 Å². The quantitative estimate of drug-likeness (QED) is 0.637. The summed E-state index contributed by atoms with van der Waals surface area (Å²) in [7, 11) is 1.55. The van der Waals surface area contributed by atoms with Crippen molar-refractivity contribution in [1.29, 1.82) is 0 Å². The topological polar surface area (TPSA) is 93.5 Å². The van der Waals surface area contributed by atoms with Crippen molar-refractivity contribution in [2.24, 2.45) is 0 Å². The van der Waals surface area contributed by atoms with Gasteiger partial charge in [0.1, 0.15) is 5.60 Å². The van der Waals surface area contributed by atoms with Crippen LogP contribution in [0.5, 0.6) is 0 Å². The minimum absolute atomic E-state index is 0.0620. The number of carbonyl (C=O) groups is 1. The van der Waals surface area contributed by atoms with Gasteiger partial charge >= 0.3 is 0 Å². The van der Waals surface area contributed by atoms with Gasteiger partial charge in [-0.2, -0.15) is 0 Å². The molecule has 1 aliphatic heterocycles. The lowest BCUT2D eigenvalue weighted by molar-refractivity contribution is -0.385. The third-order valence-corrected chi connectivity index (χ3v) is 4.49. The number of methoxy groups -OCH3 is 1. The van der Waals surface area contributed by atoms with Crippen LogP contribution in [0.3, 0.4) is 0 Å². The first-order valence-electron chi connectivity index (χ1n) is 7.71. The van der Waals surface area contributed by atoms with Crippen LogP contribution in [-0.4, -0.2) is 36.6 Å². The normalized spacial score (nSPS) is 18.2. The highest BCUT2D eigenvalue weighted by molar-refractivity contribution is 5.85. The van der Waals surface area contributed by atoms with Crippen molar-refractivity contribution in [3.63, 3.8) is 0 Å². The largest absolute Gasteiger partial charge is 0.368 e. The Morgan fingerprint density at radius 2 is 2.09 bits per heavy atom. The van der Waals surface area contributed by atoms with E-state index in [9.17, 15) is 14.9 Å². The van der Waals surface area contributed by atoms with Crippen LogP contribution in [0.2, 0.25) is 0 Å². The van der Waals surface area contributed by atoms with Crippen molar-refractivity contribution in [2.45, 2.75) is 38.3 Å². The summed E-state index contributed by atoms with van der Waals surface area (Å²) in [6, 6.07) is 4.69. The second kappa shape index (κ2) is 7.06. The van der Waals surface area contributed by atoms with Crippen molar-refractivity contribution in [3.05, 3.63) is 39.4 Å². The Bertz CT molecular complexity index is 597. The Balaban J connectivity index is 2.15. The van der Waals surface area contributed by atoms with Crippen molar-refractivity contribution in [3.8, 4) is 0 Å². The van der Waals surface area contributed by atoms with E-state index < -0.39 is 10.5 Å². The number of amides is 1. The number of nitro groups is 1. The van der Waals surface area contributed by atoms with E-state index in [4.69, 9.17) is 4.74 Å². The van der Waals surface area contributed by atoms with E-state index in [2.05, 4.69) is 10.6 Å². The summed E-state index contributed by atoms with van der Waals surface area (Å²) in [5, 5.41) is 17.2. The minimum Gasteiger partial charge on any atom is -0.368 e. The molecular formula is C16H23N3O4. The molecule has 0 saturated carbocycles. The van der Waals surface area contributed by atoms with Crippen LogP contribution in [-0.2, 0) is 9.53 Å². The highest BCUT2D eigenvalue weighted by Gasteiger charge is 2.40. The molecule has 23 heavy (non-hydrogen) atoms. The van der Waals surface area contributed by atoms with E-state index in [1.54, 1.807) is 26.2 Å². The molecule has 1 atom stereocenters. The van der Waals surface area contributed by atoms with Gasteiger partial charge in [0.05, 0.1) is 11.0 Å². The summed E-state index contributed by atoms with van der Waals surface area (Å²) in [6.07, 6.45) is 1.21. The summed E-state index contributed by atoms with van der Waals surface area (Å²) < 4.78 is 5.50. The molecule has 126 valence electrons. The summed E-state index contributed by atoms with van der Waals surface area (Å²) in [4.78, 5) is 23.3. The number of hydrogen-bond acceptors (Lipinski definition) is 5. The van der Waals surface area contributed by atoms with Crippen molar-refractivity contribution >= 4 is 11.6 Å². The summed E-state index contributed by atoms with van der Waals surface area (Å²) in [6.45, 7) is 4.97. The van der Waals surface area contributed by atoms with E-state index >= 15 is 0 Å². The second-order valence-electron chi connectivity index (χ2n) is 5.95. The van der Waals surface area contributed by atoms with Crippen LogP contribution >= 0.6 is 0 Å². The maximum atomic E-state index is 12.6. The molecule has 1 heterocycles. The van der Waals surface area contributed by atoms with E-state index in [1.807, 2.05) is 6.92 Å². The predicted molar refractivity (Wildman–Crippen MR) is 86.2 cm³/mol. The Morgan fingerprint density at radius 3 is 2.65 bits per heavy atom. The average molecular weight is 321 g/mol. The van der Waals surface area contributed by atoms with Crippen molar-refractivity contribution in [2.75, 3.05) is 20.2 Å². The van der Waals surface area contributed by atoms with Crippen molar-refractivity contribution in [1.82, 2.24) is 10.6 Å². The fourth-order valence-corrected chi connectivity index (χ4v) is 2.86. The molecule has 1 aliphatic rings. The molecule has 1 unspecified atom stereocenters. The first-order chi connectivity index (χ1) is 10.9. The first-order valence-corrected chi connectivity index (χ1v) is 7.71. The maximum Gasteiger partial charge on any atom is 0.272 e. The molecule has 0 bridgehead atoms. The third kappa shape index (κ3) is 3.68. The number of carbonyl (C=O) groups excluding carboxylic acids is 1. The van der Waals surface area contributed by atoms with Gasteiger partial charge in [-0.15, -0.1) is 0 Å². The van der Waals surface area contributed by atoms with Crippen LogP contribution in [0.4, 0.5) is 5.69 Å². The standard InChI is InChI=1S/C16H23N3O4/c1-11-4-5-13(10-14(11)19(21)22)12(2)18-15(20)16(23-3)6-8-17-9-7-16/h4-5,10,12,17H,6-9H2,1-3H3,(H,18,20). The van der Waals surface area contributed by atoms with Gasteiger partial charge in [-0.05, 0) is 45.3 Å². The monoisotopic (exact) mass is 321 g/mol. The third-order valence-electron chi connectivity index (χ3n) is 4.49. The highest BCUT2D eigenvalue weighted by atomic mass is 16.6. The molecule has 0 radical (unpaired) electrons. The Kier molecular flexibility index (Phi) is 5.33. The molecule has 1 aromatic carbocycles. The van der Waals surface area contributed by atoms with Gasteiger partial charge in [0.25, 0.3) is 11.6 Å². The van der Waals surface area contributed by atoms with Gasteiger partial charge in [0.2, 0.25) is 0 Å². The molecule has 2 rings (SSSR count). The van der Waals surface area contributed by atoms with E-state index in [0.29, 0.717) is 24.0 Å². The number of ether oxygens (including phenoxy) is 1. The zero-order valence-corrected chi connectivity index (χ0v) is 13.7. The van der Waals surface area contributed by atoms with Crippen molar-refractivity contribution < 1.29 is 14.5 Å². The molecule has 7 nitrogen and oxygen atoms in total. The average Bonchev–Trinajstić information content (AvgIpc) is 2.55. The number of benzene rings is 1. The molecule has 1 fully saturated rings. The molecule has 2 N–H and O–H groups in total. The van der Waals surface area contributed by atoms with E-state index in [-0.39, 0.29) is 17.6 Å². The van der Waals surface area contributed by atoms with Crippen LogP contribution in [0, 0.1) is 17.0 Å². The van der Waals surface area contributed by atoms with Gasteiger partial charge in [0, 0.05) is 18.7 Å². The molecule has 0 aliphatic carbocycles. The molecule has 1 amide bonds. The van der Waals surface area contributed by atoms with Crippen LogP contribution < -0.4 is 10.6 Å². The van der Waals surface area contributed by atoms with Gasteiger partial charge in [-0.25, -0.2) is 0 Å². The summed E-state index contributed by atoms with van der Waals surface area (Å²) >= 11 is 0. The highest BCUT2D eigenvalue weighted by Crippen LogP contribution is 2.26. The molecule has 0 spiro atoms. The predicted octanol–water partition coefficient (Wildman–Crippen LogP) is 1.85. The Labute approximate surface area is 135 Å². The number of aryl methyl sites for hydroxylation is 1. The molecule has 1 saturated heterocycles. The Morgan fingerprint density at radius 1 is 1.43 bits per heavy atom. The summed E-state index contributed by atoms with van der Waals surface area (Å²) in [5.74, 6) is -0.169. The smallest absolute Gasteiger partial charge is 0.272 e. The number of hydrogen-bond donors (Lipinski definition) is 2. The number of nitrogens with zero attached hydrogens (tertiary/aromatic N) is 1. The van der Waals surface area contributed by atoms with Gasteiger partial charge in [0.15, 0.2) is 0 Å². The van der Waals surface area contributed by atoms with Crippen LogP contribution in [0.1, 0.15) is 36.9 Å². The maximum absolute atomic E-state index is 12.6. The Hall–Kier alpha value is -1.99. The van der Waals surface area contributed by atoms with Crippen LogP contribution in [0.25, 0.3) is 0 Å². The van der Waals surface area contributed by atoms with Crippen LogP contribution in [0.15, 0.2) is 18.2 Å². The number of piperidine rings is 1. The lowest BCUT2D eigenvalue weighted by Gasteiger charge is -2.35. The fourth-order valence-electron chi connectivity index (χ4n) is 2.86. The zero-order chi connectivity index (χ0) is 17.0. The number of rotatable bonds is 5. The molecular weight excluding hydrogens is 298 g/mol. The van der Waals surface area contributed by atoms with E-state index in [0.717, 1.165) is 13.1 Å². The molecule has 7 heteroatoms. The number of nitro benzene ring substituents is 1. The fraction of sp³-hybridized carbons (Fsp3) is 0.562. The SMILES string of the molecule is COC1(C(=O)NC(C)c2ccc(C)c([N+](=O)[O-])c2)CCNCC1. The number of nitrogens with one attached hydrogen (secondary N) is 2. The van der Waals surface area contributed by atoms with Gasteiger partial charge < -0.3 is 15.4 Å². The zero-order valence-electron chi connectivity index (χ0n) is 13.7. The van der Waals surface area contributed by atoms with Gasteiger partial charge in [-0.1, -0.05) is 12.1 Å². The lowest BCUT2D eigenvalue weighted by atomic mass is 9.90. The first kappa shape index (κ1) is 17.4. The minimum atomic E-state index is -0.823. The molecule has 0 aromatic heterocycles. The lowest BCUT2D eigenvalue weighted by Crippen LogP contribution is -2.54. The second-order valence-corrected chi connectivity index (χ2v) is 5.95. The molecule has 1 aromatic rings.